The lowest BCUT2D eigenvalue weighted by atomic mass is 10.0. The molecule has 21 nitrogen and oxygen atoms in total. The number of aliphatic hydroxyl groups is 2. The minimum Gasteiger partial charge on any atom is -0.477 e. The molecule has 0 bridgehead atoms. The number of anilines is 1. The first-order chi connectivity index (χ1) is 23.3. The van der Waals surface area contributed by atoms with Crippen LogP contribution >= 0.6 is 11.3 Å². The number of hydrogen-bond acceptors (Lipinski definition) is 17. The second-order valence-electron chi connectivity index (χ2n) is 10.7. The minimum atomic E-state index is -4.92. The highest BCUT2D eigenvalue weighted by molar-refractivity contribution is 7.86. The van der Waals surface area contributed by atoms with Gasteiger partial charge >= 0.3 is 22.4 Å². The average molecular weight is 743 g/mol. The molecule has 3 aliphatic rings. The molecule has 24 heteroatoms. The molecule has 0 aromatic carbocycles. The van der Waals surface area contributed by atoms with Crippen molar-refractivity contribution in [3.8, 4) is 0 Å². The number of ether oxygens (including phenoxy) is 2. The highest BCUT2D eigenvalue weighted by Crippen LogP contribution is 2.35. The van der Waals surface area contributed by atoms with Crippen LogP contribution in [-0.2, 0) is 55.6 Å². The number of carboxylic acids is 1. The van der Waals surface area contributed by atoms with E-state index < -0.39 is 106 Å². The molecule has 0 spiro atoms. The van der Waals surface area contributed by atoms with Crippen LogP contribution in [0.3, 0.4) is 0 Å². The van der Waals surface area contributed by atoms with Gasteiger partial charge < -0.3 is 35.8 Å². The zero-order valence-electron chi connectivity index (χ0n) is 24.6. The summed E-state index contributed by atoms with van der Waals surface area (Å²) in [5.41, 5.74) is 5.24. The Hall–Kier alpha value is -4.59. The monoisotopic (exact) mass is 742 g/mol. The maximum absolute atomic E-state index is 13.0. The molecule has 7 atom stereocenters. The van der Waals surface area contributed by atoms with Crippen LogP contribution in [0, 0.1) is 0 Å². The van der Waals surface area contributed by atoms with Gasteiger partial charge in [-0.3, -0.25) is 27.4 Å². The van der Waals surface area contributed by atoms with Crippen molar-refractivity contribution >= 4 is 73.3 Å². The second-order valence-corrected chi connectivity index (χ2v) is 14.6. The Morgan fingerprint density at radius 2 is 1.98 bits per heavy atom. The number of nitrogens with two attached hydrogens (primary N) is 1. The lowest BCUT2D eigenvalue weighted by Gasteiger charge is -2.48. The van der Waals surface area contributed by atoms with Crippen molar-refractivity contribution in [2.45, 2.75) is 42.4 Å². The van der Waals surface area contributed by atoms with Crippen molar-refractivity contribution < 1.29 is 60.8 Å². The summed E-state index contributed by atoms with van der Waals surface area (Å²) >= 11 is 1.32. The van der Waals surface area contributed by atoms with Gasteiger partial charge in [0.2, 0.25) is 5.91 Å². The Bertz CT molecular complexity index is 1990. The molecule has 3 aliphatic heterocycles. The van der Waals surface area contributed by atoms with Crippen LogP contribution in [0.4, 0.5) is 10.6 Å². The zero-order chi connectivity index (χ0) is 35.2. The number of carbonyl (C=O) groups excluding carboxylic acids is 3. The summed E-state index contributed by atoms with van der Waals surface area (Å²) in [7, 11) is -6.85. The van der Waals surface area contributed by atoms with Crippen LogP contribution in [0.5, 0.6) is 0 Å². The maximum Gasteiger partial charge on any atom is 0.423 e. The van der Waals surface area contributed by atoms with E-state index in [1.807, 2.05) is 0 Å². The van der Waals surface area contributed by atoms with Crippen LogP contribution in [0.25, 0.3) is 11.2 Å². The quantitative estimate of drug-likeness (QED) is 0.107. The first kappa shape index (κ1) is 34.3. The Balaban J connectivity index is 1.04. The van der Waals surface area contributed by atoms with Gasteiger partial charge in [-0.05, 0) is 11.4 Å². The van der Waals surface area contributed by atoms with Gasteiger partial charge in [-0.1, -0.05) is 6.07 Å². The predicted octanol–water partition coefficient (Wildman–Crippen LogP) is -2.93. The minimum absolute atomic E-state index is 0.0331. The van der Waals surface area contributed by atoms with E-state index in [9.17, 15) is 47.1 Å². The lowest BCUT2D eigenvalue weighted by Crippen LogP contribution is -2.73. The van der Waals surface area contributed by atoms with E-state index in [2.05, 4.69) is 20.3 Å². The van der Waals surface area contributed by atoms with Crippen LogP contribution in [0.2, 0.25) is 0 Å². The molecule has 0 saturated carbocycles. The number of nitrogen functional groups attached to an aromatic ring is 1. The van der Waals surface area contributed by atoms with Crippen molar-refractivity contribution in [1.29, 1.82) is 0 Å². The number of β-lactam (4-membered cyclic amide) rings is 1. The van der Waals surface area contributed by atoms with Gasteiger partial charge in [-0.25, -0.2) is 24.5 Å². The summed E-state index contributed by atoms with van der Waals surface area (Å²) in [6, 6.07) is 2.23. The molecule has 0 aliphatic carbocycles. The molecule has 1 unspecified atom stereocenters. The number of nitrogens with zero attached hydrogens (tertiary/aromatic N) is 5. The molecule has 3 aromatic rings. The third-order valence-electron chi connectivity index (χ3n) is 7.61. The number of nitrogens with one attached hydrogen (secondary N) is 2. The molecule has 6 heterocycles. The summed E-state index contributed by atoms with van der Waals surface area (Å²) in [6.07, 6.45) is -5.22. The van der Waals surface area contributed by atoms with Gasteiger partial charge in [0.25, 0.3) is 5.91 Å². The van der Waals surface area contributed by atoms with E-state index in [1.165, 1.54) is 27.0 Å². The van der Waals surface area contributed by atoms with Crippen LogP contribution < -0.4 is 15.8 Å². The summed E-state index contributed by atoms with van der Waals surface area (Å²) in [4.78, 5) is 63.0. The standard InChI is InChI=1S/C25H26N8O13S3/c26-19-14-20(28-8-27-19)32(9-29-14)22-18(36)17(35)12(46-22)6-45-49(42,43)31-25(40)44-5-10-7-48(41)23-15(21(37)33(23)16(10)24(38)39)30-13(34)4-11-2-1-3-47-11/h1-3,8-9,12,15,17-18,22-23,35-36H,4-7H2,(H,30,34)(H,31,40)(H,38,39)(H2,26,27,28)/t12-,15-,17-,18-,22-,23-,48?/m1/s1. The highest BCUT2D eigenvalue weighted by atomic mass is 32.2. The van der Waals surface area contributed by atoms with Crippen molar-refractivity contribution in [1.82, 2.24) is 34.5 Å². The van der Waals surface area contributed by atoms with E-state index >= 15 is 0 Å². The van der Waals surface area contributed by atoms with Crippen molar-refractivity contribution in [2.75, 3.05) is 24.7 Å². The Morgan fingerprint density at radius 3 is 2.69 bits per heavy atom. The largest absolute Gasteiger partial charge is 0.477 e. The molecule has 6 rings (SSSR count). The topological polar surface area (TPSA) is 305 Å². The van der Waals surface area contributed by atoms with Crippen LogP contribution in [0.1, 0.15) is 11.1 Å². The molecular weight excluding hydrogens is 717 g/mol. The second kappa shape index (κ2) is 13.4. The molecule has 0 radical (unpaired) electrons. The number of rotatable bonds is 11. The van der Waals surface area contributed by atoms with E-state index in [-0.39, 0.29) is 29.0 Å². The fraction of sp³-hybridized carbons (Fsp3) is 0.400. The van der Waals surface area contributed by atoms with Crippen molar-refractivity contribution in [2.24, 2.45) is 0 Å². The number of carbonyl (C=O) groups is 4. The SMILES string of the molecule is Nc1ncnc2c1ncn2[C@@H]1O[C@H](COS(=O)(=O)NC(=O)OCC2=C(C(=O)O)N3C(=O)[C@@H](NC(=O)Cc4cccs4)[C@H]3S(=O)C2)[C@@H](O)[C@H]1O. The number of amides is 3. The van der Waals surface area contributed by atoms with Crippen molar-refractivity contribution in [3.05, 3.63) is 46.3 Å². The molecule has 49 heavy (non-hydrogen) atoms. The Labute approximate surface area is 281 Å². The first-order valence-corrected chi connectivity index (χ1v) is 17.7. The number of aromatic nitrogens is 4. The number of aliphatic carboxylic acids is 1. The van der Waals surface area contributed by atoms with Gasteiger partial charge in [0.15, 0.2) is 17.7 Å². The van der Waals surface area contributed by atoms with Gasteiger partial charge in [0.1, 0.15) is 53.9 Å². The van der Waals surface area contributed by atoms with E-state index in [0.29, 0.717) is 0 Å². The van der Waals surface area contributed by atoms with Gasteiger partial charge in [-0.15, -0.1) is 11.3 Å². The molecule has 2 fully saturated rings. The number of thiophene rings is 1. The molecule has 3 aromatic heterocycles. The van der Waals surface area contributed by atoms with Gasteiger partial charge in [0.05, 0.1) is 35.9 Å². The van der Waals surface area contributed by atoms with Gasteiger partial charge in [-0.2, -0.15) is 13.1 Å². The summed E-state index contributed by atoms with van der Waals surface area (Å²) < 4.78 is 55.7. The van der Waals surface area contributed by atoms with Gasteiger partial charge in [0, 0.05) is 10.5 Å². The van der Waals surface area contributed by atoms with E-state index in [1.54, 1.807) is 17.5 Å². The number of imidazole rings is 1. The maximum atomic E-state index is 13.0. The molecule has 7 N–H and O–H groups in total. The normalized spacial score (nSPS) is 26.7. The van der Waals surface area contributed by atoms with E-state index in [4.69, 9.17) is 19.4 Å². The zero-order valence-corrected chi connectivity index (χ0v) is 27.1. The fourth-order valence-electron chi connectivity index (χ4n) is 5.38. The lowest BCUT2D eigenvalue weighted by molar-refractivity contribution is -0.151. The number of carboxylic acid groups (broad SMARTS) is 1. The molecule has 2 saturated heterocycles. The highest BCUT2D eigenvalue weighted by Gasteiger charge is 2.57. The smallest absolute Gasteiger partial charge is 0.423 e. The average Bonchev–Trinajstić information content (AvgIpc) is 3.78. The Kier molecular flexibility index (Phi) is 9.36. The third-order valence-corrected chi connectivity index (χ3v) is 11.0. The Morgan fingerprint density at radius 1 is 1.20 bits per heavy atom. The summed E-state index contributed by atoms with van der Waals surface area (Å²) in [6.45, 7) is -1.75. The number of fused-ring (bicyclic) bond motifs is 2. The molecule has 262 valence electrons. The molecule has 3 amide bonds. The fourth-order valence-corrected chi connectivity index (χ4v) is 8.39. The van der Waals surface area contributed by atoms with E-state index in [0.717, 1.165) is 16.1 Å². The van der Waals surface area contributed by atoms with Crippen LogP contribution in [0.15, 0.2) is 41.4 Å². The third kappa shape index (κ3) is 6.70. The first-order valence-electron chi connectivity index (χ1n) is 14.0. The number of aliphatic hydroxyl groups excluding tert-OH is 2. The summed E-state index contributed by atoms with van der Waals surface area (Å²) in [5, 5.41) is 33.9. The summed E-state index contributed by atoms with van der Waals surface area (Å²) in [5.74, 6) is -3.38. The number of hydrogen-bond donors (Lipinski definition) is 6. The molecular formula is C25H26N8O13S3. The predicted molar refractivity (Wildman–Crippen MR) is 163 cm³/mol. The van der Waals surface area contributed by atoms with Crippen molar-refractivity contribution in [3.63, 3.8) is 0 Å². The van der Waals surface area contributed by atoms with Crippen LogP contribution in [-0.4, -0.2) is 125 Å².